The van der Waals surface area contributed by atoms with Gasteiger partial charge in [0, 0.05) is 0 Å². The number of nitrogens with two attached hydrogens (primary N) is 1. The van der Waals surface area contributed by atoms with Crippen LogP contribution in [0.3, 0.4) is 0 Å². The van der Waals surface area contributed by atoms with Gasteiger partial charge in [-0.3, -0.25) is 4.79 Å². The van der Waals surface area contributed by atoms with Gasteiger partial charge in [0.25, 0.3) is 0 Å². The fourth-order valence-electron chi connectivity index (χ4n) is 3.26. The van der Waals surface area contributed by atoms with Crippen LogP contribution in [0.2, 0.25) is 0 Å². The van der Waals surface area contributed by atoms with Crippen molar-refractivity contribution >= 4 is 5.91 Å². The van der Waals surface area contributed by atoms with Gasteiger partial charge in [0.1, 0.15) is 5.54 Å². The highest BCUT2D eigenvalue weighted by Crippen LogP contribution is 2.40. The molecule has 2 aliphatic rings. The first-order valence-corrected chi connectivity index (χ1v) is 7.60. The normalized spacial score (nSPS) is 34.8. The Morgan fingerprint density at radius 1 is 1.26 bits per heavy atom. The van der Waals surface area contributed by atoms with Gasteiger partial charge < -0.3 is 15.8 Å². The smallest absolute Gasteiger partial charge is 0.240 e. The number of primary amides is 1. The second kappa shape index (κ2) is 5.80. The topological polar surface area (TPSA) is 64.3 Å². The molecule has 4 atom stereocenters. The predicted octanol–water partition coefficient (Wildman–Crippen LogP) is 1.68. The van der Waals surface area contributed by atoms with Gasteiger partial charge in [0.05, 0.1) is 12.7 Å². The minimum atomic E-state index is -0.647. The molecule has 2 fully saturated rings. The minimum absolute atomic E-state index is 0.269. The van der Waals surface area contributed by atoms with E-state index in [-0.39, 0.29) is 12.0 Å². The number of hydrogen-bond acceptors (Lipinski definition) is 3. The summed E-state index contributed by atoms with van der Waals surface area (Å²) in [5, 5.41) is 3.14. The van der Waals surface area contributed by atoms with E-state index < -0.39 is 5.54 Å². The summed E-state index contributed by atoms with van der Waals surface area (Å²) in [6.07, 6.45) is 5.87. The molecule has 0 aliphatic heterocycles. The molecule has 4 heteroatoms. The van der Waals surface area contributed by atoms with Crippen LogP contribution in [0.15, 0.2) is 0 Å². The van der Waals surface area contributed by atoms with Crippen LogP contribution in [0.5, 0.6) is 0 Å². The number of carbonyl (C=O) groups excluding carboxylic acids is 1. The third-order valence-electron chi connectivity index (χ3n) is 5.26. The fourth-order valence-corrected chi connectivity index (χ4v) is 3.26. The Labute approximate surface area is 116 Å². The molecule has 0 radical (unpaired) electrons. The lowest BCUT2D eigenvalue weighted by Crippen LogP contribution is -2.59. The van der Waals surface area contributed by atoms with Crippen molar-refractivity contribution in [1.29, 1.82) is 0 Å². The van der Waals surface area contributed by atoms with Crippen LogP contribution in [0.1, 0.15) is 46.0 Å². The van der Waals surface area contributed by atoms with E-state index in [2.05, 4.69) is 19.2 Å². The van der Waals surface area contributed by atoms with Crippen LogP contribution >= 0.6 is 0 Å². The fraction of sp³-hybridized carbons (Fsp3) is 0.933. The zero-order valence-electron chi connectivity index (χ0n) is 12.4. The standard InChI is InChI=1S/C15H28N2O2/c1-10-4-7-13(8-11(10)2)19-9-15(17-3,14(16)18)12-5-6-12/h10-13,17H,4-9H2,1-3H3,(H2,16,18). The second-order valence-electron chi connectivity index (χ2n) is 6.56. The molecular weight excluding hydrogens is 240 g/mol. The molecule has 0 saturated heterocycles. The van der Waals surface area contributed by atoms with Crippen molar-refractivity contribution in [1.82, 2.24) is 5.32 Å². The number of hydrogen-bond donors (Lipinski definition) is 2. The Morgan fingerprint density at radius 2 is 1.95 bits per heavy atom. The largest absolute Gasteiger partial charge is 0.376 e. The quantitative estimate of drug-likeness (QED) is 0.770. The molecule has 4 nitrogen and oxygen atoms in total. The highest BCUT2D eigenvalue weighted by Gasteiger charge is 2.49. The number of ether oxygens (including phenoxy) is 1. The maximum absolute atomic E-state index is 11.8. The van der Waals surface area contributed by atoms with Gasteiger partial charge in [-0.1, -0.05) is 13.8 Å². The predicted molar refractivity (Wildman–Crippen MR) is 75.6 cm³/mol. The summed E-state index contributed by atoms with van der Waals surface area (Å²) in [7, 11) is 1.82. The molecule has 0 aromatic rings. The zero-order valence-corrected chi connectivity index (χ0v) is 12.4. The van der Waals surface area contributed by atoms with E-state index in [0.717, 1.165) is 31.6 Å². The molecule has 0 aromatic heterocycles. The van der Waals surface area contributed by atoms with Crippen LogP contribution < -0.4 is 11.1 Å². The number of amides is 1. The number of carbonyl (C=O) groups is 1. The van der Waals surface area contributed by atoms with Crippen LogP contribution in [0.4, 0.5) is 0 Å². The summed E-state index contributed by atoms with van der Waals surface area (Å²) in [6, 6.07) is 0. The van der Waals surface area contributed by atoms with Crippen LogP contribution in [0.25, 0.3) is 0 Å². The zero-order chi connectivity index (χ0) is 14.0. The Morgan fingerprint density at radius 3 is 2.42 bits per heavy atom. The molecule has 0 heterocycles. The van der Waals surface area contributed by atoms with Crippen molar-refractivity contribution in [3.8, 4) is 0 Å². The highest BCUT2D eigenvalue weighted by molar-refractivity contribution is 5.85. The van der Waals surface area contributed by atoms with Crippen molar-refractivity contribution in [2.75, 3.05) is 13.7 Å². The van der Waals surface area contributed by atoms with Gasteiger partial charge >= 0.3 is 0 Å². The van der Waals surface area contributed by atoms with E-state index >= 15 is 0 Å². The Hall–Kier alpha value is -0.610. The van der Waals surface area contributed by atoms with Crippen molar-refractivity contribution in [3.05, 3.63) is 0 Å². The van der Waals surface area contributed by atoms with E-state index in [1.807, 2.05) is 7.05 Å². The summed E-state index contributed by atoms with van der Waals surface area (Å²) in [5.41, 5.74) is 4.96. The molecule has 0 aromatic carbocycles. The average molecular weight is 268 g/mol. The van der Waals surface area contributed by atoms with Gasteiger partial charge in [-0.05, 0) is 56.9 Å². The summed E-state index contributed by atoms with van der Waals surface area (Å²) >= 11 is 0. The van der Waals surface area contributed by atoms with E-state index in [4.69, 9.17) is 10.5 Å². The summed E-state index contributed by atoms with van der Waals surface area (Å²) < 4.78 is 6.06. The Balaban J connectivity index is 1.90. The van der Waals surface area contributed by atoms with Crippen LogP contribution in [-0.4, -0.2) is 31.2 Å². The molecule has 1 amide bonds. The molecule has 2 saturated carbocycles. The molecule has 110 valence electrons. The minimum Gasteiger partial charge on any atom is -0.376 e. The lowest BCUT2D eigenvalue weighted by Gasteiger charge is -2.36. The molecule has 4 unspecified atom stereocenters. The third-order valence-corrected chi connectivity index (χ3v) is 5.26. The molecule has 2 aliphatic carbocycles. The first-order chi connectivity index (χ1) is 8.99. The Kier molecular flexibility index (Phi) is 4.51. The van der Waals surface area contributed by atoms with Crippen molar-refractivity contribution < 1.29 is 9.53 Å². The molecule has 0 spiro atoms. The average Bonchev–Trinajstić information content (AvgIpc) is 3.19. The summed E-state index contributed by atoms with van der Waals surface area (Å²) in [6.45, 7) is 5.03. The van der Waals surface area contributed by atoms with E-state index in [0.29, 0.717) is 18.4 Å². The van der Waals surface area contributed by atoms with Gasteiger partial charge in [-0.25, -0.2) is 0 Å². The molecule has 19 heavy (non-hydrogen) atoms. The van der Waals surface area contributed by atoms with Crippen LogP contribution in [-0.2, 0) is 9.53 Å². The van der Waals surface area contributed by atoms with Gasteiger partial charge in [-0.2, -0.15) is 0 Å². The summed E-state index contributed by atoms with van der Waals surface area (Å²) in [5.74, 6) is 1.58. The van der Waals surface area contributed by atoms with Gasteiger partial charge in [0.15, 0.2) is 0 Å². The number of rotatable bonds is 6. The Bertz CT molecular complexity index is 330. The monoisotopic (exact) mass is 268 g/mol. The second-order valence-corrected chi connectivity index (χ2v) is 6.56. The third kappa shape index (κ3) is 3.11. The van der Waals surface area contributed by atoms with Crippen molar-refractivity contribution in [2.24, 2.45) is 23.5 Å². The molecule has 3 N–H and O–H groups in total. The SMILES string of the molecule is CNC(COC1CCC(C)C(C)C1)(C(N)=O)C1CC1. The maximum atomic E-state index is 11.8. The maximum Gasteiger partial charge on any atom is 0.240 e. The number of nitrogens with one attached hydrogen (secondary N) is 1. The molecular formula is C15H28N2O2. The summed E-state index contributed by atoms with van der Waals surface area (Å²) in [4.78, 5) is 11.8. The lowest BCUT2D eigenvalue weighted by atomic mass is 9.80. The molecule has 0 bridgehead atoms. The van der Waals surface area contributed by atoms with E-state index in [1.54, 1.807) is 0 Å². The molecule has 2 rings (SSSR count). The van der Waals surface area contributed by atoms with Crippen molar-refractivity contribution in [3.63, 3.8) is 0 Å². The van der Waals surface area contributed by atoms with Gasteiger partial charge in [0.2, 0.25) is 5.91 Å². The lowest BCUT2D eigenvalue weighted by molar-refractivity contribution is -0.130. The first-order valence-electron chi connectivity index (χ1n) is 7.60. The van der Waals surface area contributed by atoms with E-state index in [1.165, 1.54) is 6.42 Å². The first kappa shape index (κ1) is 14.8. The van der Waals surface area contributed by atoms with Crippen LogP contribution in [0, 0.1) is 17.8 Å². The van der Waals surface area contributed by atoms with Gasteiger partial charge in [-0.15, -0.1) is 0 Å². The highest BCUT2D eigenvalue weighted by atomic mass is 16.5. The van der Waals surface area contributed by atoms with Crippen molar-refractivity contribution in [2.45, 2.75) is 57.6 Å². The number of likely N-dealkylation sites (N-methyl/N-ethyl adjacent to an activating group) is 1. The van der Waals surface area contributed by atoms with E-state index in [9.17, 15) is 4.79 Å².